The van der Waals surface area contributed by atoms with Gasteiger partial charge in [0.15, 0.2) is 6.20 Å². The number of aromatic nitrogens is 2. The summed E-state index contributed by atoms with van der Waals surface area (Å²) >= 11 is 0. The SMILES string of the molecule is COC(=O)c1c2c(cc3c4[nH]c5ccccc5c4cc[n+]13)CCCC2. The van der Waals surface area contributed by atoms with Gasteiger partial charge in [0.05, 0.1) is 7.11 Å². The van der Waals surface area contributed by atoms with Crippen LogP contribution in [-0.2, 0) is 17.6 Å². The van der Waals surface area contributed by atoms with Crippen molar-refractivity contribution in [3.63, 3.8) is 0 Å². The predicted octanol–water partition coefficient (Wildman–Crippen LogP) is 3.73. The minimum Gasteiger partial charge on any atom is -0.461 e. The van der Waals surface area contributed by atoms with Crippen LogP contribution in [0.15, 0.2) is 42.6 Å². The van der Waals surface area contributed by atoms with Gasteiger partial charge in [0.2, 0.25) is 5.52 Å². The molecular weight excluding hydrogens is 312 g/mol. The zero-order valence-electron chi connectivity index (χ0n) is 14.1. The summed E-state index contributed by atoms with van der Waals surface area (Å²) in [5, 5.41) is 2.39. The quantitative estimate of drug-likeness (QED) is 0.427. The monoisotopic (exact) mass is 331 g/mol. The number of pyridine rings is 2. The van der Waals surface area contributed by atoms with E-state index < -0.39 is 0 Å². The third-order valence-corrected chi connectivity index (χ3v) is 5.38. The Labute approximate surface area is 145 Å². The lowest BCUT2D eigenvalue weighted by Crippen LogP contribution is -2.34. The number of aromatic amines is 1. The Hall–Kier alpha value is -2.88. The number of fused-ring (bicyclic) bond motifs is 6. The van der Waals surface area contributed by atoms with Crippen LogP contribution in [0.1, 0.15) is 34.5 Å². The van der Waals surface area contributed by atoms with E-state index in [4.69, 9.17) is 4.74 Å². The summed E-state index contributed by atoms with van der Waals surface area (Å²) in [6, 6.07) is 12.6. The lowest BCUT2D eigenvalue weighted by atomic mass is 9.90. The first-order valence-corrected chi connectivity index (χ1v) is 8.76. The second-order valence-electron chi connectivity index (χ2n) is 6.73. The van der Waals surface area contributed by atoms with E-state index in [1.54, 1.807) is 0 Å². The second-order valence-corrected chi connectivity index (χ2v) is 6.73. The summed E-state index contributed by atoms with van der Waals surface area (Å²) < 4.78 is 7.11. The maximum absolute atomic E-state index is 12.6. The van der Waals surface area contributed by atoms with E-state index in [1.165, 1.54) is 29.9 Å². The van der Waals surface area contributed by atoms with Gasteiger partial charge in [-0.05, 0) is 37.3 Å². The Morgan fingerprint density at radius 1 is 1.12 bits per heavy atom. The van der Waals surface area contributed by atoms with Gasteiger partial charge in [-0.2, -0.15) is 4.40 Å². The summed E-state index contributed by atoms with van der Waals surface area (Å²) in [6.07, 6.45) is 6.25. The van der Waals surface area contributed by atoms with E-state index >= 15 is 0 Å². The number of nitrogens with zero attached hydrogens (tertiary/aromatic N) is 1. The van der Waals surface area contributed by atoms with E-state index in [-0.39, 0.29) is 5.97 Å². The number of carbonyl (C=O) groups is 1. The van der Waals surface area contributed by atoms with Crippen LogP contribution in [0.25, 0.3) is 27.3 Å². The molecule has 4 aromatic rings. The number of para-hydroxylation sites is 1. The summed E-state index contributed by atoms with van der Waals surface area (Å²) in [4.78, 5) is 16.1. The van der Waals surface area contributed by atoms with Crippen molar-refractivity contribution in [2.75, 3.05) is 7.11 Å². The van der Waals surface area contributed by atoms with Crippen LogP contribution < -0.4 is 4.40 Å². The van der Waals surface area contributed by atoms with Crippen molar-refractivity contribution in [3.8, 4) is 0 Å². The van der Waals surface area contributed by atoms with Crippen molar-refractivity contribution in [1.82, 2.24) is 4.98 Å². The largest absolute Gasteiger partial charge is 0.461 e. The number of esters is 1. The molecule has 4 nitrogen and oxygen atoms in total. The fourth-order valence-corrected chi connectivity index (χ4v) is 4.21. The van der Waals surface area contributed by atoms with Gasteiger partial charge in [-0.25, -0.2) is 4.79 Å². The van der Waals surface area contributed by atoms with Crippen LogP contribution in [-0.4, -0.2) is 18.1 Å². The van der Waals surface area contributed by atoms with Gasteiger partial charge in [0.25, 0.3) is 5.69 Å². The average Bonchev–Trinajstić information content (AvgIpc) is 3.04. The van der Waals surface area contributed by atoms with Crippen LogP contribution >= 0.6 is 0 Å². The highest BCUT2D eigenvalue weighted by molar-refractivity contribution is 6.11. The van der Waals surface area contributed by atoms with Crippen molar-refractivity contribution in [2.45, 2.75) is 25.7 Å². The lowest BCUT2D eigenvalue weighted by Gasteiger charge is -2.16. The number of ether oxygens (including phenoxy) is 1. The smallest absolute Gasteiger partial charge is 0.404 e. The predicted molar refractivity (Wildman–Crippen MR) is 96.9 cm³/mol. The van der Waals surface area contributed by atoms with Gasteiger partial charge < -0.3 is 9.72 Å². The average molecular weight is 331 g/mol. The number of aryl methyl sites for hydroxylation is 1. The highest BCUT2D eigenvalue weighted by Gasteiger charge is 2.30. The Morgan fingerprint density at radius 3 is 2.84 bits per heavy atom. The van der Waals surface area contributed by atoms with E-state index in [1.807, 2.05) is 16.7 Å². The molecule has 1 N–H and O–H groups in total. The summed E-state index contributed by atoms with van der Waals surface area (Å²) in [6.45, 7) is 0. The molecule has 3 aromatic heterocycles. The molecule has 1 aromatic carbocycles. The molecule has 124 valence electrons. The fraction of sp³-hybridized carbons (Fsp3) is 0.238. The maximum Gasteiger partial charge on any atom is 0.404 e. The standard InChI is InChI=1S/C21H18N2O2/c1-25-21(24)20-14-7-3-2-6-13(14)12-18-19-16(10-11-23(18)20)15-8-4-5-9-17(15)22-19/h4-5,8-12H,2-3,6-7H2,1H3/p+1. The van der Waals surface area contributed by atoms with Crippen LogP contribution in [0.3, 0.4) is 0 Å². The van der Waals surface area contributed by atoms with Crippen molar-refractivity contribution in [2.24, 2.45) is 0 Å². The molecule has 0 amide bonds. The molecule has 4 heteroatoms. The molecule has 25 heavy (non-hydrogen) atoms. The molecule has 0 aliphatic heterocycles. The highest BCUT2D eigenvalue weighted by Crippen LogP contribution is 2.30. The molecule has 0 bridgehead atoms. The molecule has 0 saturated heterocycles. The summed E-state index contributed by atoms with van der Waals surface area (Å²) in [5.41, 5.74) is 6.32. The number of carbonyl (C=O) groups excluding carboxylic acids is 1. The molecule has 1 aliphatic rings. The van der Waals surface area contributed by atoms with Gasteiger partial charge in [0.1, 0.15) is 5.52 Å². The van der Waals surface area contributed by atoms with E-state index in [2.05, 4.69) is 35.3 Å². The summed E-state index contributed by atoms with van der Waals surface area (Å²) in [7, 11) is 1.46. The van der Waals surface area contributed by atoms with Crippen molar-refractivity contribution in [3.05, 3.63) is 59.4 Å². The normalized spacial score (nSPS) is 14.1. The minimum absolute atomic E-state index is 0.260. The molecule has 0 fully saturated rings. The first-order valence-electron chi connectivity index (χ1n) is 8.76. The van der Waals surface area contributed by atoms with E-state index in [0.29, 0.717) is 5.69 Å². The molecule has 0 atom stereocenters. The number of nitrogens with one attached hydrogen (secondary N) is 1. The zero-order valence-corrected chi connectivity index (χ0v) is 14.1. The zero-order chi connectivity index (χ0) is 17.0. The molecule has 1 aliphatic carbocycles. The van der Waals surface area contributed by atoms with E-state index in [9.17, 15) is 4.79 Å². The number of H-pyrrole nitrogens is 1. The van der Waals surface area contributed by atoms with E-state index in [0.717, 1.165) is 41.4 Å². The molecule has 3 heterocycles. The molecule has 0 radical (unpaired) electrons. The maximum atomic E-state index is 12.6. The third-order valence-electron chi connectivity index (χ3n) is 5.38. The third kappa shape index (κ3) is 2.00. The fourth-order valence-electron chi connectivity index (χ4n) is 4.21. The second kappa shape index (κ2) is 5.31. The first-order chi connectivity index (χ1) is 12.3. The highest BCUT2D eigenvalue weighted by atomic mass is 16.5. The topological polar surface area (TPSA) is 46.2 Å². The van der Waals surface area contributed by atoms with Crippen LogP contribution in [0.4, 0.5) is 0 Å². The number of methoxy groups -OCH3 is 1. The Balaban J connectivity index is 1.96. The number of rotatable bonds is 1. The lowest BCUT2D eigenvalue weighted by molar-refractivity contribution is -0.515. The molecular formula is C21H19N2O2+. The minimum atomic E-state index is -0.260. The van der Waals surface area contributed by atoms with Gasteiger partial charge in [-0.1, -0.05) is 18.2 Å². The molecule has 5 rings (SSSR count). The molecule has 0 saturated carbocycles. The Bertz CT molecular complexity index is 1160. The van der Waals surface area contributed by atoms with Crippen LogP contribution in [0, 0.1) is 0 Å². The Kier molecular flexibility index (Phi) is 3.07. The van der Waals surface area contributed by atoms with Crippen molar-refractivity contribution < 1.29 is 13.9 Å². The van der Waals surface area contributed by atoms with Crippen molar-refractivity contribution >= 4 is 33.3 Å². The Morgan fingerprint density at radius 2 is 1.96 bits per heavy atom. The van der Waals surface area contributed by atoms with Crippen LogP contribution in [0.2, 0.25) is 0 Å². The number of hydrogen-bond donors (Lipinski definition) is 1. The number of hydrogen-bond acceptors (Lipinski definition) is 2. The van der Waals surface area contributed by atoms with Gasteiger partial charge in [-0.3, -0.25) is 0 Å². The van der Waals surface area contributed by atoms with Gasteiger partial charge >= 0.3 is 5.97 Å². The molecule has 0 unspecified atom stereocenters. The van der Waals surface area contributed by atoms with Gasteiger partial charge in [-0.15, -0.1) is 0 Å². The number of benzene rings is 1. The van der Waals surface area contributed by atoms with Crippen LogP contribution in [0.5, 0.6) is 0 Å². The molecule has 0 spiro atoms. The summed E-state index contributed by atoms with van der Waals surface area (Å²) in [5.74, 6) is -0.260. The first kappa shape index (κ1) is 14.5. The van der Waals surface area contributed by atoms with Gasteiger partial charge in [0, 0.05) is 34.0 Å². The van der Waals surface area contributed by atoms with Crippen molar-refractivity contribution in [1.29, 1.82) is 0 Å².